The molecule has 3 heteroatoms. The topological polar surface area (TPSA) is 17.3 Å². The molecule has 0 amide bonds. The molecule has 0 saturated heterocycles. The van der Waals surface area contributed by atoms with E-state index in [1.807, 2.05) is 0 Å². The van der Waals surface area contributed by atoms with E-state index >= 15 is 0 Å². The maximum absolute atomic E-state index is 5.45. The molecule has 0 aliphatic heterocycles. The van der Waals surface area contributed by atoms with Gasteiger partial charge < -0.3 is 5.32 Å². The summed E-state index contributed by atoms with van der Waals surface area (Å²) < 4.78 is 0. The fourth-order valence-corrected chi connectivity index (χ4v) is 4.56. The number of rotatable bonds is 9. The van der Waals surface area contributed by atoms with Crippen LogP contribution in [0.2, 0.25) is 0 Å². The molecule has 34 heavy (non-hydrogen) atoms. The molecule has 0 bridgehead atoms. The van der Waals surface area contributed by atoms with E-state index in [1.165, 1.54) is 22.3 Å². The molecule has 0 saturated carbocycles. The number of nitrogens with zero attached hydrogens (tertiary/aromatic N) is 2. The third-order valence-corrected chi connectivity index (χ3v) is 6.58. The predicted molar refractivity (Wildman–Crippen MR) is 139 cm³/mol. The van der Waals surface area contributed by atoms with Gasteiger partial charge in [-0.1, -0.05) is 145 Å². The van der Waals surface area contributed by atoms with Crippen molar-refractivity contribution in [2.45, 2.75) is 38.0 Å². The van der Waals surface area contributed by atoms with Gasteiger partial charge in [0.1, 0.15) is 0 Å². The Hall–Kier alpha value is -2.60. The standard InChI is InChI=1S/C31H33N2.Li/c1-24(26-16-8-4-9-17-26)32-30(28-20-12-6-13-21-28)31(29-22-14-7-15-23-29)33(3)25(2)27-18-10-5-11-19-27;/h4-25,30-31H,1-3H3;/q-1;+1/t24-,25-,30+,31+;/m1./s1. The summed E-state index contributed by atoms with van der Waals surface area (Å²) in [6, 6.07) is 43.3. The molecule has 168 valence electrons. The maximum Gasteiger partial charge on any atom is 1.00 e. The molecule has 4 atom stereocenters. The van der Waals surface area contributed by atoms with Crippen molar-refractivity contribution in [3.63, 3.8) is 0 Å². The molecule has 0 unspecified atom stereocenters. The van der Waals surface area contributed by atoms with Gasteiger partial charge in [0.2, 0.25) is 0 Å². The zero-order valence-corrected chi connectivity index (χ0v) is 20.8. The second-order valence-corrected chi connectivity index (χ2v) is 8.70. The Morgan fingerprint density at radius 3 is 1.38 bits per heavy atom. The third kappa shape index (κ3) is 6.29. The van der Waals surface area contributed by atoms with Crippen LogP contribution in [0, 0.1) is 0 Å². The fourth-order valence-electron chi connectivity index (χ4n) is 4.56. The van der Waals surface area contributed by atoms with Crippen molar-refractivity contribution in [1.82, 2.24) is 4.90 Å². The zero-order valence-electron chi connectivity index (χ0n) is 20.8. The molecule has 0 fully saturated rings. The van der Waals surface area contributed by atoms with Crippen molar-refractivity contribution in [2.75, 3.05) is 7.05 Å². The monoisotopic (exact) mass is 440 g/mol. The van der Waals surface area contributed by atoms with Crippen molar-refractivity contribution in [3.05, 3.63) is 149 Å². The van der Waals surface area contributed by atoms with Gasteiger partial charge in [0.25, 0.3) is 0 Å². The van der Waals surface area contributed by atoms with Crippen molar-refractivity contribution in [1.29, 1.82) is 0 Å². The summed E-state index contributed by atoms with van der Waals surface area (Å²) in [7, 11) is 2.23. The minimum Gasteiger partial charge on any atom is -0.648 e. The van der Waals surface area contributed by atoms with Gasteiger partial charge >= 0.3 is 18.9 Å². The molecule has 0 aliphatic rings. The van der Waals surface area contributed by atoms with Gasteiger partial charge in [-0.2, -0.15) is 0 Å². The van der Waals surface area contributed by atoms with E-state index in [0.717, 1.165) is 0 Å². The van der Waals surface area contributed by atoms with E-state index in [0.29, 0.717) is 0 Å². The Labute approximate surface area is 217 Å². The van der Waals surface area contributed by atoms with Crippen molar-refractivity contribution in [2.24, 2.45) is 0 Å². The van der Waals surface area contributed by atoms with Crippen LogP contribution in [-0.2, 0) is 0 Å². The van der Waals surface area contributed by atoms with Gasteiger partial charge in [0, 0.05) is 12.1 Å². The zero-order chi connectivity index (χ0) is 23.0. The first kappa shape index (κ1) is 26.0. The largest absolute Gasteiger partial charge is 1.00 e. The van der Waals surface area contributed by atoms with Crippen molar-refractivity contribution >= 4 is 0 Å². The van der Waals surface area contributed by atoms with E-state index in [9.17, 15) is 0 Å². The van der Waals surface area contributed by atoms with Crippen LogP contribution in [0.3, 0.4) is 0 Å². The molecule has 4 aromatic carbocycles. The first-order valence-electron chi connectivity index (χ1n) is 11.8. The molecular weight excluding hydrogens is 407 g/mol. The fraction of sp³-hybridized carbons (Fsp3) is 0.226. The SMILES string of the molecule is C[C@H](c1ccccc1)N(C)[C@@H](c1ccccc1)[C@@H]([N-][C@H](C)c1ccccc1)c1ccccc1.[Li+]. The van der Waals surface area contributed by atoms with Crippen LogP contribution in [0.1, 0.15) is 60.3 Å². The molecular formula is C31H33LiN2. The minimum absolute atomic E-state index is 0. The first-order valence-corrected chi connectivity index (χ1v) is 11.8. The van der Waals surface area contributed by atoms with Crippen LogP contribution < -0.4 is 18.9 Å². The Bertz CT molecular complexity index is 1090. The average molecular weight is 441 g/mol. The van der Waals surface area contributed by atoms with Crippen molar-refractivity contribution in [3.8, 4) is 0 Å². The predicted octanol–water partition coefficient (Wildman–Crippen LogP) is 5.30. The second-order valence-electron chi connectivity index (χ2n) is 8.70. The summed E-state index contributed by atoms with van der Waals surface area (Å²) in [5, 5.41) is 5.45. The quantitative estimate of drug-likeness (QED) is 0.323. The minimum atomic E-state index is -0.0139. The van der Waals surface area contributed by atoms with E-state index in [2.05, 4.69) is 147 Å². The molecule has 2 nitrogen and oxygen atoms in total. The summed E-state index contributed by atoms with van der Waals surface area (Å²) in [4.78, 5) is 2.48. The maximum atomic E-state index is 5.45. The summed E-state index contributed by atoms with van der Waals surface area (Å²) in [5.74, 6) is 0. The third-order valence-electron chi connectivity index (χ3n) is 6.58. The van der Waals surface area contributed by atoms with Gasteiger partial charge in [0.05, 0.1) is 0 Å². The summed E-state index contributed by atoms with van der Waals surface area (Å²) in [5.41, 5.74) is 5.06. The second kappa shape index (κ2) is 12.7. The van der Waals surface area contributed by atoms with Crippen molar-refractivity contribution < 1.29 is 18.9 Å². The van der Waals surface area contributed by atoms with E-state index in [1.54, 1.807) is 0 Å². The van der Waals surface area contributed by atoms with Crippen LogP contribution in [0.25, 0.3) is 5.32 Å². The van der Waals surface area contributed by atoms with Gasteiger partial charge in [0.15, 0.2) is 0 Å². The van der Waals surface area contributed by atoms with Gasteiger partial charge in [-0.25, -0.2) is 0 Å². The van der Waals surface area contributed by atoms with E-state index in [-0.39, 0.29) is 43.0 Å². The molecule has 0 N–H and O–H groups in total. The Balaban J connectivity index is 0.00000324. The number of likely N-dealkylation sites (N-methyl/N-ethyl adjacent to an activating group) is 1. The number of hydrogen-bond acceptors (Lipinski definition) is 1. The summed E-state index contributed by atoms with van der Waals surface area (Å²) in [6.07, 6.45) is 0. The Kier molecular flexibility index (Phi) is 9.75. The van der Waals surface area contributed by atoms with Crippen LogP contribution in [0.4, 0.5) is 0 Å². The van der Waals surface area contributed by atoms with E-state index in [4.69, 9.17) is 5.32 Å². The Morgan fingerprint density at radius 2 is 0.912 bits per heavy atom. The van der Waals surface area contributed by atoms with Crippen LogP contribution in [-0.4, -0.2) is 11.9 Å². The summed E-state index contributed by atoms with van der Waals surface area (Å²) in [6.45, 7) is 4.49. The van der Waals surface area contributed by atoms with Gasteiger partial charge in [-0.15, -0.1) is 6.04 Å². The smallest absolute Gasteiger partial charge is 0.648 e. The summed E-state index contributed by atoms with van der Waals surface area (Å²) >= 11 is 0. The number of hydrogen-bond donors (Lipinski definition) is 0. The van der Waals surface area contributed by atoms with Crippen LogP contribution in [0.5, 0.6) is 0 Å². The van der Waals surface area contributed by atoms with Gasteiger partial charge in [-0.3, -0.25) is 4.90 Å². The van der Waals surface area contributed by atoms with Crippen LogP contribution in [0.15, 0.2) is 121 Å². The first-order chi connectivity index (χ1) is 16.1. The van der Waals surface area contributed by atoms with Crippen LogP contribution >= 0.6 is 0 Å². The molecule has 4 aromatic rings. The number of benzene rings is 4. The normalized spacial score (nSPS) is 14.6. The molecule has 0 aromatic heterocycles. The van der Waals surface area contributed by atoms with Gasteiger partial charge in [-0.05, 0) is 25.1 Å². The molecule has 4 rings (SSSR count). The molecule has 0 radical (unpaired) electrons. The molecule has 0 aliphatic carbocycles. The Morgan fingerprint density at radius 1 is 0.529 bits per heavy atom. The van der Waals surface area contributed by atoms with E-state index < -0.39 is 0 Å². The average Bonchev–Trinajstić information content (AvgIpc) is 2.90. The molecule has 0 heterocycles. The molecule has 0 spiro atoms.